The molecule has 6 heteroatoms. The highest BCUT2D eigenvalue weighted by Gasteiger charge is 2.30. The van der Waals surface area contributed by atoms with Gasteiger partial charge in [0.05, 0.1) is 12.7 Å². The molecule has 1 aromatic rings. The van der Waals surface area contributed by atoms with Crippen molar-refractivity contribution in [3.05, 3.63) is 35.9 Å². The van der Waals surface area contributed by atoms with Crippen molar-refractivity contribution in [2.45, 2.75) is 18.9 Å². The molecular formula is C14H22N2O3S. The Morgan fingerprint density at radius 1 is 1.30 bits per heavy atom. The lowest BCUT2D eigenvalue weighted by molar-refractivity contribution is -0.00651. The van der Waals surface area contributed by atoms with Crippen LogP contribution in [0.5, 0.6) is 0 Å². The van der Waals surface area contributed by atoms with E-state index in [2.05, 4.69) is 12.1 Å². The van der Waals surface area contributed by atoms with E-state index >= 15 is 0 Å². The highest BCUT2D eigenvalue weighted by Crippen LogP contribution is 2.16. The smallest absolute Gasteiger partial charge is 0.281 e. The van der Waals surface area contributed by atoms with Gasteiger partial charge in [-0.2, -0.15) is 17.0 Å². The lowest BCUT2D eigenvalue weighted by atomic mass is 10.1. The summed E-state index contributed by atoms with van der Waals surface area (Å²) < 4.78 is 32.6. The maximum absolute atomic E-state index is 12.1. The first-order valence-electron chi connectivity index (χ1n) is 6.83. The first kappa shape index (κ1) is 15.4. The minimum Gasteiger partial charge on any atom is -0.375 e. The van der Waals surface area contributed by atoms with Crippen LogP contribution < -0.4 is 0 Å². The van der Waals surface area contributed by atoms with Crippen molar-refractivity contribution < 1.29 is 13.2 Å². The van der Waals surface area contributed by atoms with Gasteiger partial charge >= 0.3 is 0 Å². The molecule has 1 saturated heterocycles. The summed E-state index contributed by atoms with van der Waals surface area (Å²) in [5.74, 6) is 0. The molecule has 5 nitrogen and oxygen atoms in total. The summed E-state index contributed by atoms with van der Waals surface area (Å²) in [5, 5.41) is 0. The van der Waals surface area contributed by atoms with Gasteiger partial charge in [-0.1, -0.05) is 30.3 Å². The monoisotopic (exact) mass is 298 g/mol. The normalized spacial score (nSPS) is 21.2. The molecule has 1 aliphatic rings. The Morgan fingerprint density at radius 2 is 2.00 bits per heavy atom. The predicted octanol–water partition coefficient (Wildman–Crippen LogP) is 1.13. The number of benzene rings is 1. The lowest BCUT2D eigenvalue weighted by Crippen LogP contribution is -2.49. The van der Waals surface area contributed by atoms with E-state index in [9.17, 15) is 8.42 Å². The number of nitrogens with zero attached hydrogens (tertiary/aromatic N) is 2. The minimum atomic E-state index is -3.33. The molecule has 2 rings (SSSR count). The zero-order valence-corrected chi connectivity index (χ0v) is 12.8. The zero-order valence-electron chi connectivity index (χ0n) is 12.0. The average molecular weight is 298 g/mol. The van der Waals surface area contributed by atoms with E-state index in [0.717, 1.165) is 12.8 Å². The Kier molecular flexibility index (Phi) is 5.15. The number of hydrogen-bond acceptors (Lipinski definition) is 3. The van der Waals surface area contributed by atoms with Gasteiger partial charge in [0.2, 0.25) is 0 Å². The molecule has 1 atom stereocenters. The fourth-order valence-electron chi connectivity index (χ4n) is 2.28. The van der Waals surface area contributed by atoms with E-state index in [-0.39, 0.29) is 6.10 Å². The fraction of sp³-hybridized carbons (Fsp3) is 0.571. The molecule has 112 valence electrons. The number of aryl methyl sites for hydroxylation is 1. The second kappa shape index (κ2) is 6.67. The summed E-state index contributed by atoms with van der Waals surface area (Å²) in [4.78, 5) is 0. The molecule has 1 heterocycles. The average Bonchev–Trinajstić information content (AvgIpc) is 2.46. The molecule has 0 bridgehead atoms. The quantitative estimate of drug-likeness (QED) is 0.819. The first-order valence-corrected chi connectivity index (χ1v) is 8.23. The maximum atomic E-state index is 12.1. The molecule has 0 N–H and O–H groups in total. The van der Waals surface area contributed by atoms with Crippen LogP contribution in [-0.4, -0.2) is 56.9 Å². The van der Waals surface area contributed by atoms with E-state index in [0.29, 0.717) is 19.7 Å². The van der Waals surface area contributed by atoms with E-state index in [1.165, 1.54) is 14.2 Å². The molecule has 20 heavy (non-hydrogen) atoms. The van der Waals surface area contributed by atoms with Crippen LogP contribution in [0.4, 0.5) is 0 Å². The van der Waals surface area contributed by atoms with Gasteiger partial charge < -0.3 is 4.74 Å². The van der Waals surface area contributed by atoms with Gasteiger partial charge in [0.15, 0.2) is 0 Å². The number of morpholine rings is 1. The van der Waals surface area contributed by atoms with Crippen LogP contribution >= 0.6 is 0 Å². The van der Waals surface area contributed by atoms with Crippen LogP contribution in [0.3, 0.4) is 0 Å². The third-order valence-corrected chi connectivity index (χ3v) is 5.39. The summed E-state index contributed by atoms with van der Waals surface area (Å²) in [6.45, 7) is 1.34. The van der Waals surface area contributed by atoms with Crippen molar-refractivity contribution in [3.63, 3.8) is 0 Å². The Labute approximate surface area is 121 Å². The highest BCUT2D eigenvalue weighted by molar-refractivity contribution is 7.86. The summed E-state index contributed by atoms with van der Waals surface area (Å²) >= 11 is 0. The van der Waals surface area contributed by atoms with Crippen molar-refractivity contribution in [2.75, 3.05) is 33.8 Å². The Bertz CT molecular complexity index is 516. The highest BCUT2D eigenvalue weighted by atomic mass is 32.2. The molecule has 0 saturated carbocycles. The van der Waals surface area contributed by atoms with E-state index in [1.807, 2.05) is 18.2 Å². The molecular weight excluding hydrogens is 276 g/mol. The second-order valence-electron chi connectivity index (χ2n) is 5.17. The van der Waals surface area contributed by atoms with Gasteiger partial charge in [0, 0.05) is 27.2 Å². The lowest BCUT2D eigenvalue weighted by Gasteiger charge is -2.33. The largest absolute Gasteiger partial charge is 0.375 e. The summed E-state index contributed by atoms with van der Waals surface area (Å²) in [6, 6.07) is 10.2. The van der Waals surface area contributed by atoms with E-state index in [4.69, 9.17) is 4.74 Å². The molecule has 1 fully saturated rings. The second-order valence-corrected chi connectivity index (χ2v) is 7.31. The van der Waals surface area contributed by atoms with Gasteiger partial charge in [-0.05, 0) is 18.4 Å². The number of rotatable bonds is 5. The molecule has 1 aromatic carbocycles. The Balaban J connectivity index is 1.91. The summed E-state index contributed by atoms with van der Waals surface area (Å²) in [7, 11) is -0.211. The predicted molar refractivity (Wildman–Crippen MR) is 78.7 cm³/mol. The van der Waals surface area contributed by atoms with Crippen LogP contribution in [0.15, 0.2) is 30.3 Å². The number of hydrogen-bond donors (Lipinski definition) is 0. The van der Waals surface area contributed by atoms with Crippen LogP contribution in [0.1, 0.15) is 12.0 Å². The minimum absolute atomic E-state index is 0.0290. The Morgan fingerprint density at radius 3 is 2.65 bits per heavy atom. The number of ether oxygens (including phenoxy) is 1. The van der Waals surface area contributed by atoms with Crippen molar-refractivity contribution in [2.24, 2.45) is 0 Å². The summed E-state index contributed by atoms with van der Waals surface area (Å²) in [5.41, 5.74) is 1.25. The van der Waals surface area contributed by atoms with Crippen LogP contribution in [0.2, 0.25) is 0 Å². The molecule has 1 aliphatic heterocycles. The molecule has 0 aliphatic carbocycles. The standard InChI is InChI=1S/C14H22N2O3S/c1-15(2)20(17,18)16-10-11-19-14(12-16)9-8-13-6-4-3-5-7-13/h3-7,14H,8-12H2,1-2H3/t14-/m0/s1. The molecule has 0 radical (unpaired) electrons. The summed E-state index contributed by atoms with van der Waals surface area (Å²) in [6.07, 6.45) is 1.71. The van der Waals surface area contributed by atoms with Crippen LogP contribution in [0.25, 0.3) is 0 Å². The maximum Gasteiger partial charge on any atom is 0.281 e. The van der Waals surface area contributed by atoms with Gasteiger partial charge in [0.25, 0.3) is 10.2 Å². The van der Waals surface area contributed by atoms with Gasteiger partial charge in [-0.3, -0.25) is 0 Å². The Hall–Kier alpha value is -0.950. The molecule has 0 spiro atoms. The van der Waals surface area contributed by atoms with Crippen molar-refractivity contribution >= 4 is 10.2 Å². The molecule has 0 aromatic heterocycles. The third-order valence-electron chi connectivity index (χ3n) is 3.49. The molecule has 0 amide bonds. The fourth-order valence-corrected chi connectivity index (χ4v) is 3.40. The topological polar surface area (TPSA) is 49.9 Å². The van der Waals surface area contributed by atoms with Gasteiger partial charge in [-0.25, -0.2) is 0 Å². The van der Waals surface area contributed by atoms with Crippen molar-refractivity contribution in [3.8, 4) is 0 Å². The van der Waals surface area contributed by atoms with Crippen molar-refractivity contribution in [1.82, 2.24) is 8.61 Å². The van der Waals surface area contributed by atoms with E-state index in [1.54, 1.807) is 14.1 Å². The first-order chi connectivity index (χ1) is 9.50. The van der Waals surface area contributed by atoms with Gasteiger partial charge in [0.1, 0.15) is 0 Å². The van der Waals surface area contributed by atoms with Crippen molar-refractivity contribution in [1.29, 1.82) is 0 Å². The molecule has 0 unspecified atom stereocenters. The van der Waals surface area contributed by atoms with Crippen LogP contribution in [0, 0.1) is 0 Å². The van der Waals surface area contributed by atoms with E-state index < -0.39 is 10.2 Å². The zero-order chi connectivity index (χ0) is 14.6. The van der Waals surface area contributed by atoms with Crippen LogP contribution in [-0.2, 0) is 21.4 Å². The van der Waals surface area contributed by atoms with Gasteiger partial charge in [-0.15, -0.1) is 0 Å². The third kappa shape index (κ3) is 3.79. The SMILES string of the molecule is CN(C)S(=O)(=O)N1CCO[C@@H](CCc2ccccc2)C1.